The Balaban J connectivity index is 1.28. The Bertz CT molecular complexity index is 633. The van der Waals surface area contributed by atoms with Gasteiger partial charge in [-0.3, -0.25) is 0 Å². The number of urea groups is 1. The molecule has 136 valence electrons. The molecule has 0 aromatic heterocycles. The van der Waals surface area contributed by atoms with Crippen LogP contribution >= 0.6 is 0 Å². The van der Waals surface area contributed by atoms with Crippen LogP contribution in [-0.2, 0) is 6.42 Å². The Morgan fingerprint density at radius 2 is 2.24 bits per heavy atom. The number of aliphatic hydroxyl groups is 1. The predicted octanol–water partition coefficient (Wildman–Crippen LogP) is 2.43. The van der Waals surface area contributed by atoms with E-state index >= 15 is 0 Å². The smallest absolute Gasteiger partial charge is 0.317 e. The van der Waals surface area contributed by atoms with Gasteiger partial charge in [0.2, 0.25) is 0 Å². The molecule has 2 N–H and O–H groups in total. The molecule has 1 aromatic carbocycles. The molecule has 3 fully saturated rings. The lowest BCUT2D eigenvalue weighted by molar-refractivity contribution is 0.0609. The van der Waals surface area contributed by atoms with Gasteiger partial charge < -0.3 is 20.1 Å². The average Bonchev–Trinajstić information content (AvgIpc) is 3.23. The second-order valence-electron chi connectivity index (χ2n) is 7.77. The maximum Gasteiger partial charge on any atom is 0.317 e. The van der Waals surface area contributed by atoms with Crippen LogP contribution in [-0.4, -0.2) is 47.9 Å². The van der Waals surface area contributed by atoms with Gasteiger partial charge in [-0.25, -0.2) is 4.79 Å². The number of amides is 2. The van der Waals surface area contributed by atoms with Crippen LogP contribution in [0.1, 0.15) is 31.7 Å². The van der Waals surface area contributed by atoms with Crippen LogP contribution in [0.25, 0.3) is 0 Å². The summed E-state index contributed by atoms with van der Waals surface area (Å²) in [6.45, 7) is 4.23. The van der Waals surface area contributed by atoms with Crippen molar-refractivity contribution in [2.24, 2.45) is 17.8 Å². The maximum absolute atomic E-state index is 12.6. The minimum atomic E-state index is -0.318. The lowest BCUT2D eigenvalue weighted by Crippen LogP contribution is -2.48. The highest BCUT2D eigenvalue weighted by Crippen LogP contribution is 2.54. The number of aliphatic hydroxyl groups excluding tert-OH is 1. The molecule has 5 nitrogen and oxygen atoms in total. The molecule has 1 aliphatic heterocycles. The van der Waals surface area contributed by atoms with Crippen molar-refractivity contribution in [3.63, 3.8) is 0 Å². The van der Waals surface area contributed by atoms with Crippen LogP contribution in [0.2, 0.25) is 0 Å². The SMILES string of the molecule is CCCOc1cccc(CCNC(=O)N2C[C@@H]3C[C@H]4C[C@H]3[C@H]2[C@H]4O)c1. The van der Waals surface area contributed by atoms with Gasteiger partial charge in [0.15, 0.2) is 0 Å². The largest absolute Gasteiger partial charge is 0.494 e. The number of nitrogens with zero attached hydrogens (tertiary/aromatic N) is 1. The summed E-state index contributed by atoms with van der Waals surface area (Å²) in [5, 5.41) is 13.4. The number of rotatable bonds is 6. The third-order valence-corrected chi connectivity index (χ3v) is 6.17. The molecule has 4 rings (SSSR count). The monoisotopic (exact) mass is 344 g/mol. The average molecular weight is 344 g/mol. The van der Waals surface area contributed by atoms with E-state index in [4.69, 9.17) is 4.74 Å². The summed E-state index contributed by atoms with van der Waals surface area (Å²) >= 11 is 0. The van der Waals surface area contributed by atoms with Crippen molar-refractivity contribution in [2.45, 2.75) is 44.8 Å². The van der Waals surface area contributed by atoms with Gasteiger partial charge in [0, 0.05) is 13.1 Å². The van der Waals surface area contributed by atoms with E-state index in [1.54, 1.807) is 0 Å². The van der Waals surface area contributed by atoms with Gasteiger partial charge in [0.1, 0.15) is 5.75 Å². The molecule has 2 aliphatic carbocycles. The fourth-order valence-electron chi connectivity index (χ4n) is 5.08. The summed E-state index contributed by atoms with van der Waals surface area (Å²) in [7, 11) is 0. The van der Waals surface area contributed by atoms with Crippen molar-refractivity contribution in [1.82, 2.24) is 10.2 Å². The van der Waals surface area contributed by atoms with Crippen LogP contribution < -0.4 is 10.1 Å². The Morgan fingerprint density at radius 1 is 1.36 bits per heavy atom. The summed E-state index contributed by atoms with van der Waals surface area (Å²) in [6, 6.07) is 8.10. The van der Waals surface area contributed by atoms with Gasteiger partial charge in [0.05, 0.1) is 18.8 Å². The molecule has 5 atom stereocenters. The normalized spacial score (nSPS) is 32.2. The molecule has 2 bridgehead atoms. The molecule has 3 aliphatic rings. The highest BCUT2D eigenvalue weighted by Gasteiger charge is 2.59. The zero-order valence-electron chi connectivity index (χ0n) is 14.9. The first-order valence-corrected chi connectivity index (χ1v) is 9.61. The van der Waals surface area contributed by atoms with Crippen molar-refractivity contribution >= 4 is 6.03 Å². The number of carbonyl (C=O) groups is 1. The van der Waals surface area contributed by atoms with Crippen molar-refractivity contribution in [3.8, 4) is 5.75 Å². The zero-order chi connectivity index (χ0) is 17.4. The van der Waals surface area contributed by atoms with E-state index in [0.717, 1.165) is 50.1 Å². The summed E-state index contributed by atoms with van der Waals surface area (Å²) < 4.78 is 5.66. The summed E-state index contributed by atoms with van der Waals surface area (Å²) in [4.78, 5) is 14.5. The molecule has 0 spiro atoms. The predicted molar refractivity (Wildman–Crippen MR) is 95.5 cm³/mol. The summed E-state index contributed by atoms with van der Waals surface area (Å²) in [5.41, 5.74) is 1.16. The van der Waals surface area contributed by atoms with Gasteiger partial charge in [-0.15, -0.1) is 0 Å². The van der Waals surface area contributed by atoms with Crippen molar-refractivity contribution in [1.29, 1.82) is 0 Å². The third-order valence-electron chi connectivity index (χ3n) is 6.17. The summed E-state index contributed by atoms with van der Waals surface area (Å²) in [5.74, 6) is 2.44. The van der Waals surface area contributed by atoms with Crippen LogP contribution in [0.5, 0.6) is 5.75 Å². The Kier molecular flexibility index (Phi) is 4.59. The quantitative estimate of drug-likeness (QED) is 0.833. The molecule has 5 heteroatoms. The van der Waals surface area contributed by atoms with E-state index in [9.17, 15) is 9.90 Å². The van der Waals surface area contributed by atoms with Gasteiger partial charge in [0.25, 0.3) is 0 Å². The first-order chi connectivity index (χ1) is 12.2. The van der Waals surface area contributed by atoms with Crippen molar-refractivity contribution in [2.75, 3.05) is 19.7 Å². The van der Waals surface area contributed by atoms with E-state index < -0.39 is 0 Å². The topological polar surface area (TPSA) is 61.8 Å². The van der Waals surface area contributed by atoms with Crippen LogP contribution in [0.4, 0.5) is 4.79 Å². The minimum absolute atomic E-state index is 0.0162. The van der Waals surface area contributed by atoms with E-state index in [-0.39, 0.29) is 18.2 Å². The molecule has 0 radical (unpaired) electrons. The molecule has 25 heavy (non-hydrogen) atoms. The van der Waals surface area contributed by atoms with Gasteiger partial charge in [-0.1, -0.05) is 19.1 Å². The first-order valence-electron chi connectivity index (χ1n) is 9.61. The molecular formula is C20H28N2O3. The number of benzene rings is 1. The molecular weight excluding hydrogens is 316 g/mol. The fourth-order valence-corrected chi connectivity index (χ4v) is 5.08. The van der Waals surface area contributed by atoms with Crippen LogP contribution in [0.15, 0.2) is 24.3 Å². The second-order valence-corrected chi connectivity index (χ2v) is 7.77. The zero-order valence-corrected chi connectivity index (χ0v) is 14.9. The number of hydrogen-bond donors (Lipinski definition) is 2. The minimum Gasteiger partial charge on any atom is -0.494 e. The highest BCUT2D eigenvalue weighted by molar-refractivity contribution is 5.75. The maximum atomic E-state index is 12.6. The van der Waals surface area contributed by atoms with Gasteiger partial charge in [-0.05, 0) is 61.1 Å². The second kappa shape index (κ2) is 6.87. The standard InChI is InChI=1S/C20H28N2O3/c1-2-8-25-16-5-3-4-13(9-16)6-7-21-20(24)22-12-15-10-14-11-17(15)18(22)19(14)23/h3-5,9,14-15,17-19,23H,2,6-8,10-12H2,1H3,(H,21,24)/t14-,15-,17+,18-,19-/m0/s1. The first kappa shape index (κ1) is 16.7. The van der Waals surface area contributed by atoms with Gasteiger partial charge >= 0.3 is 6.03 Å². The van der Waals surface area contributed by atoms with Crippen molar-refractivity contribution < 1.29 is 14.6 Å². The third kappa shape index (κ3) is 3.10. The number of nitrogens with one attached hydrogen (secondary N) is 1. The Morgan fingerprint density at radius 3 is 3.04 bits per heavy atom. The number of hydrogen-bond acceptors (Lipinski definition) is 3. The van der Waals surface area contributed by atoms with E-state index in [0.29, 0.717) is 24.3 Å². The fraction of sp³-hybridized carbons (Fsp3) is 0.650. The number of likely N-dealkylation sites (tertiary alicyclic amines) is 1. The van der Waals surface area contributed by atoms with Crippen molar-refractivity contribution in [3.05, 3.63) is 29.8 Å². The molecule has 2 amide bonds. The number of fused-ring (bicyclic) bond motifs is 1. The van der Waals surface area contributed by atoms with Gasteiger partial charge in [-0.2, -0.15) is 0 Å². The molecule has 1 aromatic rings. The van der Waals surface area contributed by atoms with Crippen LogP contribution in [0.3, 0.4) is 0 Å². The Hall–Kier alpha value is -1.75. The van der Waals surface area contributed by atoms with E-state index in [1.165, 1.54) is 0 Å². The lowest BCUT2D eigenvalue weighted by atomic mass is 9.88. The number of carbonyl (C=O) groups excluding carboxylic acids is 1. The number of ether oxygens (including phenoxy) is 1. The Labute approximate surface area is 149 Å². The molecule has 1 saturated heterocycles. The van der Waals surface area contributed by atoms with E-state index in [1.807, 2.05) is 23.1 Å². The highest BCUT2D eigenvalue weighted by atomic mass is 16.5. The van der Waals surface area contributed by atoms with E-state index in [2.05, 4.69) is 18.3 Å². The molecule has 1 heterocycles. The van der Waals surface area contributed by atoms with Crippen LogP contribution in [0, 0.1) is 17.8 Å². The molecule has 0 unspecified atom stereocenters. The summed E-state index contributed by atoms with van der Waals surface area (Å²) in [6.07, 6.45) is 3.65. The molecule has 2 saturated carbocycles. The lowest BCUT2D eigenvalue weighted by Gasteiger charge is -2.28.